The Morgan fingerprint density at radius 1 is 1.40 bits per heavy atom. The Bertz CT molecular complexity index is 468. The molecule has 0 spiro atoms. The minimum Gasteiger partial charge on any atom is -0.384 e. The second-order valence-electron chi connectivity index (χ2n) is 5.50. The fourth-order valence-corrected chi connectivity index (χ4v) is 2.44. The van der Waals surface area contributed by atoms with Gasteiger partial charge in [-0.05, 0) is 45.2 Å². The normalized spacial score (nSPS) is 12.2. The Kier molecular flexibility index (Phi) is 5.99. The summed E-state index contributed by atoms with van der Waals surface area (Å²) in [5, 5.41) is 7.87. The molecule has 0 fully saturated rings. The van der Waals surface area contributed by atoms with Gasteiger partial charge >= 0.3 is 0 Å². The van der Waals surface area contributed by atoms with E-state index in [1.165, 1.54) is 0 Å². The number of nitrogen functional groups attached to an aromatic ring is 1. The largest absolute Gasteiger partial charge is 0.384 e. The van der Waals surface area contributed by atoms with E-state index in [1.807, 2.05) is 19.9 Å². The van der Waals surface area contributed by atoms with Crippen LogP contribution < -0.4 is 10.6 Å². The lowest BCUT2D eigenvalue weighted by molar-refractivity contribution is 0.588. The molecule has 1 aromatic heterocycles. The Hall–Kier alpha value is -1.58. The maximum Gasteiger partial charge on any atom is 0.140 e. The number of hydrogen-bond acceptors (Lipinski definition) is 3. The van der Waals surface area contributed by atoms with Crippen molar-refractivity contribution < 1.29 is 0 Å². The Balaban J connectivity index is 3.33. The Labute approximate surface area is 122 Å². The molecular weight excluding hydrogens is 248 g/mol. The predicted molar refractivity (Wildman–Crippen MR) is 86.7 cm³/mol. The van der Waals surface area contributed by atoms with Crippen LogP contribution in [0.3, 0.4) is 0 Å². The zero-order valence-electron chi connectivity index (χ0n) is 13.5. The molecule has 3 N–H and O–H groups in total. The number of amidine groups is 1. The molecule has 0 aliphatic rings. The standard InChI is InChI=1S/C16H28N4/c1-6-8-9-20(13(5)7-2)16-14(15(17)18)11(3)10-12(4)19-16/h10,13H,6-9H2,1-5H3,(H3,17,18). The molecule has 0 aromatic carbocycles. The van der Waals surface area contributed by atoms with Crippen LogP contribution >= 0.6 is 0 Å². The van der Waals surface area contributed by atoms with Crippen LogP contribution in [0.2, 0.25) is 0 Å². The van der Waals surface area contributed by atoms with Crippen LogP contribution in [0, 0.1) is 19.3 Å². The third-order valence-corrected chi connectivity index (χ3v) is 3.74. The van der Waals surface area contributed by atoms with Crippen molar-refractivity contribution in [2.24, 2.45) is 5.73 Å². The summed E-state index contributed by atoms with van der Waals surface area (Å²) in [6.45, 7) is 11.5. The van der Waals surface area contributed by atoms with E-state index in [0.717, 1.165) is 48.4 Å². The fraction of sp³-hybridized carbons (Fsp3) is 0.625. The molecule has 1 heterocycles. The van der Waals surface area contributed by atoms with E-state index in [0.29, 0.717) is 6.04 Å². The molecule has 1 unspecified atom stereocenters. The van der Waals surface area contributed by atoms with Crippen LogP contribution in [-0.2, 0) is 0 Å². The first-order valence-corrected chi connectivity index (χ1v) is 7.51. The van der Waals surface area contributed by atoms with E-state index in [9.17, 15) is 0 Å². The maximum atomic E-state index is 7.87. The van der Waals surface area contributed by atoms with E-state index in [1.54, 1.807) is 0 Å². The van der Waals surface area contributed by atoms with Gasteiger partial charge in [0.15, 0.2) is 0 Å². The van der Waals surface area contributed by atoms with Gasteiger partial charge in [0.1, 0.15) is 11.7 Å². The number of pyridine rings is 1. The van der Waals surface area contributed by atoms with Crippen molar-refractivity contribution in [1.82, 2.24) is 4.98 Å². The Morgan fingerprint density at radius 2 is 2.05 bits per heavy atom. The first-order chi connectivity index (χ1) is 9.42. The molecule has 0 aliphatic heterocycles. The van der Waals surface area contributed by atoms with Crippen molar-refractivity contribution in [1.29, 1.82) is 5.41 Å². The first-order valence-electron chi connectivity index (χ1n) is 7.51. The fourth-order valence-electron chi connectivity index (χ4n) is 2.44. The SMILES string of the molecule is CCCCN(c1nc(C)cc(C)c1C(=N)N)C(C)CC. The van der Waals surface area contributed by atoms with Gasteiger partial charge in [0, 0.05) is 18.3 Å². The third-order valence-electron chi connectivity index (χ3n) is 3.74. The molecule has 112 valence electrons. The second-order valence-corrected chi connectivity index (χ2v) is 5.50. The zero-order chi connectivity index (χ0) is 15.3. The number of hydrogen-bond donors (Lipinski definition) is 2. The molecule has 0 saturated heterocycles. The highest BCUT2D eigenvalue weighted by atomic mass is 15.2. The maximum absolute atomic E-state index is 7.87. The number of rotatable bonds is 7. The number of unbranched alkanes of at least 4 members (excludes halogenated alkanes) is 1. The van der Waals surface area contributed by atoms with Crippen LogP contribution in [-0.4, -0.2) is 23.4 Å². The molecule has 0 amide bonds. The van der Waals surface area contributed by atoms with Gasteiger partial charge in [0.2, 0.25) is 0 Å². The highest BCUT2D eigenvalue weighted by Gasteiger charge is 2.20. The van der Waals surface area contributed by atoms with Gasteiger partial charge < -0.3 is 10.6 Å². The molecule has 4 nitrogen and oxygen atoms in total. The van der Waals surface area contributed by atoms with Crippen molar-refractivity contribution in [3.63, 3.8) is 0 Å². The van der Waals surface area contributed by atoms with E-state index in [2.05, 4.69) is 30.7 Å². The number of aryl methyl sites for hydroxylation is 2. The van der Waals surface area contributed by atoms with Gasteiger partial charge in [-0.15, -0.1) is 0 Å². The molecule has 20 heavy (non-hydrogen) atoms. The summed E-state index contributed by atoms with van der Waals surface area (Å²) < 4.78 is 0. The Morgan fingerprint density at radius 3 is 2.55 bits per heavy atom. The van der Waals surface area contributed by atoms with Gasteiger partial charge in [-0.25, -0.2) is 4.98 Å². The molecule has 0 aliphatic carbocycles. The lowest BCUT2D eigenvalue weighted by atomic mass is 10.1. The summed E-state index contributed by atoms with van der Waals surface area (Å²) in [7, 11) is 0. The summed E-state index contributed by atoms with van der Waals surface area (Å²) in [4.78, 5) is 6.99. The van der Waals surface area contributed by atoms with Crippen molar-refractivity contribution in [2.45, 2.75) is 59.9 Å². The number of aromatic nitrogens is 1. The third kappa shape index (κ3) is 3.71. The molecule has 1 atom stereocenters. The molecule has 4 heteroatoms. The lowest BCUT2D eigenvalue weighted by Crippen LogP contribution is -2.36. The van der Waals surface area contributed by atoms with Crippen LogP contribution in [0.4, 0.5) is 5.82 Å². The van der Waals surface area contributed by atoms with E-state index < -0.39 is 0 Å². The van der Waals surface area contributed by atoms with Gasteiger partial charge in [-0.2, -0.15) is 0 Å². The van der Waals surface area contributed by atoms with Crippen LogP contribution in [0.15, 0.2) is 6.07 Å². The van der Waals surface area contributed by atoms with Crippen LogP contribution in [0.1, 0.15) is 56.9 Å². The van der Waals surface area contributed by atoms with E-state index >= 15 is 0 Å². The number of nitrogens with zero attached hydrogens (tertiary/aromatic N) is 2. The average Bonchev–Trinajstić information content (AvgIpc) is 2.37. The highest BCUT2D eigenvalue weighted by molar-refractivity contribution is 6.01. The first kappa shape index (κ1) is 16.5. The van der Waals surface area contributed by atoms with E-state index in [4.69, 9.17) is 11.1 Å². The summed E-state index contributed by atoms with van der Waals surface area (Å²) in [5.74, 6) is 0.979. The number of nitrogens with two attached hydrogens (primary N) is 1. The van der Waals surface area contributed by atoms with Crippen molar-refractivity contribution >= 4 is 11.7 Å². The lowest BCUT2D eigenvalue weighted by Gasteiger charge is -2.32. The van der Waals surface area contributed by atoms with Crippen molar-refractivity contribution in [3.05, 3.63) is 22.9 Å². The monoisotopic (exact) mass is 276 g/mol. The average molecular weight is 276 g/mol. The van der Waals surface area contributed by atoms with Crippen LogP contribution in [0.25, 0.3) is 0 Å². The van der Waals surface area contributed by atoms with Gasteiger partial charge in [-0.1, -0.05) is 20.3 Å². The minimum absolute atomic E-state index is 0.106. The summed E-state index contributed by atoms with van der Waals surface area (Å²) in [6.07, 6.45) is 3.32. The second kappa shape index (κ2) is 7.27. The summed E-state index contributed by atoms with van der Waals surface area (Å²) in [5.41, 5.74) is 8.59. The number of nitrogens with one attached hydrogen (secondary N) is 1. The van der Waals surface area contributed by atoms with Gasteiger partial charge in [0.05, 0.1) is 5.56 Å². The van der Waals surface area contributed by atoms with E-state index in [-0.39, 0.29) is 5.84 Å². The molecule has 0 saturated carbocycles. The quantitative estimate of drug-likeness (QED) is 0.592. The highest BCUT2D eigenvalue weighted by Crippen LogP contribution is 2.25. The molecule has 0 radical (unpaired) electrons. The van der Waals surface area contributed by atoms with Crippen LogP contribution in [0.5, 0.6) is 0 Å². The van der Waals surface area contributed by atoms with Gasteiger partial charge in [-0.3, -0.25) is 5.41 Å². The summed E-state index contributed by atoms with van der Waals surface area (Å²) in [6, 6.07) is 2.39. The molecular formula is C16H28N4. The van der Waals surface area contributed by atoms with Gasteiger partial charge in [0.25, 0.3) is 0 Å². The smallest absolute Gasteiger partial charge is 0.140 e. The topological polar surface area (TPSA) is 66.0 Å². The molecule has 1 aromatic rings. The summed E-state index contributed by atoms with van der Waals surface area (Å²) >= 11 is 0. The molecule has 1 rings (SSSR count). The minimum atomic E-state index is 0.106. The van der Waals surface area contributed by atoms with Crippen molar-refractivity contribution in [2.75, 3.05) is 11.4 Å². The number of anilines is 1. The predicted octanol–water partition coefficient (Wildman–Crippen LogP) is 3.39. The zero-order valence-corrected chi connectivity index (χ0v) is 13.5. The van der Waals surface area contributed by atoms with Crippen molar-refractivity contribution in [3.8, 4) is 0 Å². The molecule has 0 bridgehead atoms.